The lowest BCUT2D eigenvalue weighted by atomic mass is 9.95. The molecule has 0 saturated carbocycles. The van der Waals surface area contributed by atoms with Crippen molar-refractivity contribution in [3.05, 3.63) is 24.4 Å². The number of nitrogens with two attached hydrogens (primary N) is 1. The number of methoxy groups -OCH3 is 2. The molecular weight excluding hydrogens is 344 g/mol. The third-order valence-electron chi connectivity index (χ3n) is 4.38. The maximum absolute atomic E-state index is 10.9. The average molecular weight is 366 g/mol. The van der Waals surface area contributed by atoms with Crippen LogP contribution in [0.1, 0.15) is 6.42 Å². The van der Waals surface area contributed by atoms with Crippen molar-refractivity contribution in [3.8, 4) is 11.5 Å². The van der Waals surface area contributed by atoms with Crippen LogP contribution in [0.15, 0.2) is 24.4 Å². The zero-order valence-electron chi connectivity index (χ0n) is 14.2. The van der Waals surface area contributed by atoms with Crippen molar-refractivity contribution in [1.29, 1.82) is 0 Å². The van der Waals surface area contributed by atoms with Crippen molar-refractivity contribution >= 4 is 26.8 Å². The van der Waals surface area contributed by atoms with E-state index in [0.29, 0.717) is 24.0 Å². The number of fused-ring (bicyclic) bond motifs is 1. The molecule has 0 atom stereocenters. The van der Waals surface area contributed by atoms with Crippen LogP contribution in [0.5, 0.6) is 11.5 Å². The van der Waals surface area contributed by atoms with E-state index in [1.165, 1.54) is 0 Å². The first kappa shape index (κ1) is 17.7. The van der Waals surface area contributed by atoms with Gasteiger partial charge in [0.2, 0.25) is 0 Å². The lowest BCUT2D eigenvalue weighted by Gasteiger charge is -2.41. The lowest BCUT2D eigenvalue weighted by Crippen LogP contribution is -2.48. The second kappa shape index (κ2) is 7.03. The molecule has 1 saturated heterocycles. The summed E-state index contributed by atoms with van der Waals surface area (Å²) >= 11 is 0. The molecule has 2 heterocycles. The number of hydrogen-bond donors (Lipinski definition) is 2. The van der Waals surface area contributed by atoms with Crippen LogP contribution in [0, 0.1) is 5.92 Å². The Kier molecular flexibility index (Phi) is 4.98. The quantitative estimate of drug-likeness (QED) is 0.753. The van der Waals surface area contributed by atoms with Crippen molar-refractivity contribution in [2.75, 3.05) is 38.8 Å². The molecule has 1 aliphatic rings. The summed E-state index contributed by atoms with van der Waals surface area (Å²) in [7, 11) is -0.401. The Labute approximate surface area is 147 Å². The molecule has 1 aromatic carbocycles. The first-order valence-electron chi connectivity index (χ1n) is 7.94. The van der Waals surface area contributed by atoms with Gasteiger partial charge in [0, 0.05) is 43.0 Å². The van der Waals surface area contributed by atoms with Gasteiger partial charge in [0.25, 0.3) is 10.2 Å². The zero-order valence-corrected chi connectivity index (χ0v) is 15.0. The highest BCUT2D eigenvalue weighted by molar-refractivity contribution is 7.87. The lowest BCUT2D eigenvalue weighted by molar-refractivity contribution is 0.355. The zero-order chi connectivity index (χ0) is 18.0. The molecule has 8 nitrogen and oxygen atoms in total. The summed E-state index contributed by atoms with van der Waals surface area (Å²) in [4.78, 5) is 6.66. The highest BCUT2D eigenvalue weighted by atomic mass is 32.2. The summed E-state index contributed by atoms with van der Waals surface area (Å²) in [6.45, 7) is 2.08. The van der Waals surface area contributed by atoms with E-state index in [1.54, 1.807) is 20.4 Å². The summed E-state index contributed by atoms with van der Waals surface area (Å²) in [6, 6.07) is 5.78. The van der Waals surface area contributed by atoms with E-state index in [2.05, 4.69) is 14.6 Å². The predicted octanol–water partition coefficient (Wildman–Crippen LogP) is 0.871. The van der Waals surface area contributed by atoms with Gasteiger partial charge in [0.05, 0.1) is 19.7 Å². The minimum atomic E-state index is -3.61. The molecule has 9 heteroatoms. The van der Waals surface area contributed by atoms with Gasteiger partial charge in [0.15, 0.2) is 11.5 Å². The van der Waals surface area contributed by atoms with Gasteiger partial charge in [-0.1, -0.05) is 0 Å². The van der Waals surface area contributed by atoms with E-state index in [9.17, 15) is 8.42 Å². The number of nitrogens with one attached hydrogen (secondary N) is 1. The third-order valence-corrected chi connectivity index (χ3v) is 4.98. The van der Waals surface area contributed by atoms with E-state index >= 15 is 0 Å². The molecule has 1 aliphatic heterocycles. The van der Waals surface area contributed by atoms with Crippen molar-refractivity contribution in [3.63, 3.8) is 0 Å². The van der Waals surface area contributed by atoms with Crippen molar-refractivity contribution in [2.45, 2.75) is 6.42 Å². The number of ether oxygens (including phenoxy) is 2. The van der Waals surface area contributed by atoms with Gasteiger partial charge in [-0.2, -0.15) is 8.42 Å². The number of anilines is 1. The molecule has 3 rings (SSSR count). The van der Waals surface area contributed by atoms with Gasteiger partial charge in [-0.15, -0.1) is 0 Å². The van der Waals surface area contributed by atoms with E-state index in [1.807, 2.05) is 18.2 Å². The minimum absolute atomic E-state index is 0.361. The minimum Gasteiger partial charge on any atom is -0.493 e. The third kappa shape index (κ3) is 3.94. The SMILES string of the molecule is COc1cc2nccc(N3CC(CCNS(N)(=O)=O)C3)c2cc1OC. The van der Waals surface area contributed by atoms with Gasteiger partial charge in [-0.3, -0.25) is 4.98 Å². The molecule has 25 heavy (non-hydrogen) atoms. The summed E-state index contributed by atoms with van der Waals surface area (Å²) in [5.41, 5.74) is 1.93. The molecule has 0 amide bonds. The van der Waals surface area contributed by atoms with Gasteiger partial charge >= 0.3 is 0 Å². The second-order valence-electron chi connectivity index (χ2n) is 6.05. The number of hydrogen-bond acceptors (Lipinski definition) is 6. The molecule has 0 spiro atoms. The molecule has 136 valence electrons. The fourth-order valence-electron chi connectivity index (χ4n) is 3.09. The summed E-state index contributed by atoms with van der Waals surface area (Å²) in [5, 5.41) is 5.94. The molecule has 0 aliphatic carbocycles. The van der Waals surface area contributed by atoms with Crippen molar-refractivity contribution < 1.29 is 17.9 Å². The fraction of sp³-hybridized carbons (Fsp3) is 0.438. The molecule has 2 aromatic rings. The van der Waals surface area contributed by atoms with Gasteiger partial charge in [0.1, 0.15) is 0 Å². The van der Waals surface area contributed by atoms with Crippen molar-refractivity contribution in [2.24, 2.45) is 11.1 Å². The van der Waals surface area contributed by atoms with Gasteiger partial charge in [-0.25, -0.2) is 9.86 Å². The van der Waals surface area contributed by atoms with Crippen LogP contribution in [0.3, 0.4) is 0 Å². The van der Waals surface area contributed by atoms with Crippen molar-refractivity contribution in [1.82, 2.24) is 9.71 Å². The molecule has 0 bridgehead atoms. The Bertz CT molecular complexity index is 866. The Hall–Kier alpha value is -2.10. The maximum Gasteiger partial charge on any atom is 0.274 e. The van der Waals surface area contributed by atoms with Crippen LogP contribution in [-0.2, 0) is 10.2 Å². The molecule has 1 aromatic heterocycles. The fourth-order valence-corrected chi connectivity index (χ4v) is 3.49. The van der Waals surface area contributed by atoms with E-state index in [0.717, 1.165) is 36.1 Å². The Morgan fingerprint density at radius 3 is 2.60 bits per heavy atom. The second-order valence-corrected chi connectivity index (χ2v) is 7.43. The highest BCUT2D eigenvalue weighted by Crippen LogP contribution is 2.37. The molecule has 3 N–H and O–H groups in total. The van der Waals surface area contributed by atoms with Crippen LogP contribution in [0.2, 0.25) is 0 Å². The van der Waals surface area contributed by atoms with E-state index in [4.69, 9.17) is 14.6 Å². The average Bonchev–Trinajstić information content (AvgIpc) is 2.54. The number of benzene rings is 1. The molecule has 1 fully saturated rings. The smallest absolute Gasteiger partial charge is 0.274 e. The topological polar surface area (TPSA) is 107 Å². The van der Waals surface area contributed by atoms with E-state index in [-0.39, 0.29) is 0 Å². The highest BCUT2D eigenvalue weighted by Gasteiger charge is 2.28. The number of rotatable bonds is 7. The first-order chi connectivity index (χ1) is 11.9. The first-order valence-corrected chi connectivity index (χ1v) is 9.49. The molecule has 0 radical (unpaired) electrons. The van der Waals surface area contributed by atoms with Crippen LogP contribution in [0.25, 0.3) is 10.9 Å². The van der Waals surface area contributed by atoms with Crippen LogP contribution >= 0.6 is 0 Å². The Balaban J connectivity index is 1.73. The summed E-state index contributed by atoms with van der Waals surface area (Å²) in [6.07, 6.45) is 2.53. The Morgan fingerprint density at radius 1 is 1.28 bits per heavy atom. The summed E-state index contributed by atoms with van der Waals surface area (Å²) in [5.74, 6) is 1.74. The largest absolute Gasteiger partial charge is 0.493 e. The van der Waals surface area contributed by atoms with Crippen LogP contribution < -0.4 is 24.2 Å². The standard InChI is InChI=1S/C16H22N4O4S/c1-23-15-7-12-13(8-16(15)24-2)18-5-4-14(12)20-9-11(10-20)3-6-19-25(17,21)22/h4-5,7-8,11,19H,3,6,9-10H2,1-2H3,(H2,17,21,22). The molecule has 0 unspecified atom stereocenters. The monoisotopic (exact) mass is 366 g/mol. The summed E-state index contributed by atoms with van der Waals surface area (Å²) < 4.78 is 34.8. The Morgan fingerprint density at radius 2 is 1.96 bits per heavy atom. The van der Waals surface area contributed by atoms with Gasteiger partial charge in [-0.05, 0) is 24.5 Å². The van der Waals surface area contributed by atoms with Crippen LogP contribution in [0.4, 0.5) is 5.69 Å². The number of nitrogens with zero attached hydrogens (tertiary/aromatic N) is 2. The van der Waals surface area contributed by atoms with Crippen LogP contribution in [-0.4, -0.2) is 47.3 Å². The van der Waals surface area contributed by atoms with Gasteiger partial charge < -0.3 is 14.4 Å². The number of aromatic nitrogens is 1. The maximum atomic E-state index is 10.9. The molecular formula is C16H22N4O4S. The predicted molar refractivity (Wildman–Crippen MR) is 96.3 cm³/mol. The number of pyridine rings is 1. The van der Waals surface area contributed by atoms with E-state index < -0.39 is 10.2 Å². The normalized spacial score (nSPS) is 15.2.